The largest absolute Gasteiger partial charge is 0.497 e. The first kappa shape index (κ1) is 19.5. The van der Waals surface area contributed by atoms with Gasteiger partial charge < -0.3 is 19.1 Å². The fourth-order valence-electron chi connectivity index (χ4n) is 2.45. The number of ether oxygens (including phenoxy) is 3. The number of benzene rings is 1. The summed E-state index contributed by atoms with van der Waals surface area (Å²) < 4.78 is 14.3. The quantitative estimate of drug-likeness (QED) is 0.598. The number of methoxy groups -OCH3 is 3. The Morgan fingerprint density at radius 1 is 1.04 bits per heavy atom. The van der Waals surface area contributed by atoms with Gasteiger partial charge in [-0.3, -0.25) is 4.79 Å². The summed E-state index contributed by atoms with van der Waals surface area (Å²) in [4.78, 5) is 36.7. The van der Waals surface area contributed by atoms with Crippen LogP contribution in [0.15, 0.2) is 18.2 Å². The lowest BCUT2D eigenvalue weighted by Gasteiger charge is -2.34. The molecule has 0 radical (unpaired) electrons. The van der Waals surface area contributed by atoms with Gasteiger partial charge in [0.05, 0.1) is 21.3 Å². The lowest BCUT2D eigenvalue weighted by molar-refractivity contribution is -0.164. The summed E-state index contributed by atoms with van der Waals surface area (Å²) in [5, 5.41) is 0. The van der Waals surface area contributed by atoms with E-state index in [-0.39, 0.29) is 13.0 Å². The van der Waals surface area contributed by atoms with Gasteiger partial charge in [0.25, 0.3) is 0 Å². The summed E-state index contributed by atoms with van der Waals surface area (Å²) in [5.74, 6) is -1.81. The first-order valence-corrected chi connectivity index (χ1v) is 7.64. The molecule has 0 bridgehead atoms. The molecule has 0 aromatic heterocycles. The molecule has 0 saturated heterocycles. The van der Waals surface area contributed by atoms with Gasteiger partial charge in [0.2, 0.25) is 0 Å². The molecule has 1 amide bonds. The van der Waals surface area contributed by atoms with Crippen molar-refractivity contribution >= 4 is 17.8 Å². The minimum Gasteiger partial charge on any atom is -0.497 e. The predicted molar refractivity (Wildman–Crippen MR) is 86.4 cm³/mol. The second-order valence-electron chi connectivity index (χ2n) is 4.80. The fraction of sp³-hybridized carbons (Fsp3) is 0.471. The Labute approximate surface area is 141 Å². The van der Waals surface area contributed by atoms with Crippen LogP contribution in [0.3, 0.4) is 0 Å². The zero-order chi connectivity index (χ0) is 18.3. The van der Waals surface area contributed by atoms with Gasteiger partial charge in [-0.15, -0.1) is 0 Å². The highest BCUT2D eigenvalue weighted by molar-refractivity contribution is 6.32. The molecule has 132 valence electrons. The molecule has 1 aromatic rings. The maximum absolute atomic E-state index is 12.1. The van der Waals surface area contributed by atoms with Gasteiger partial charge in [0, 0.05) is 13.0 Å². The smallest absolute Gasteiger partial charge is 0.396 e. The number of carbonyl (C=O) groups is 3. The number of amides is 1. The molecular weight excluding hydrogens is 314 g/mol. The third kappa shape index (κ3) is 4.04. The van der Waals surface area contributed by atoms with Gasteiger partial charge in [0.1, 0.15) is 11.8 Å². The van der Waals surface area contributed by atoms with E-state index >= 15 is 0 Å². The van der Waals surface area contributed by atoms with Crippen molar-refractivity contribution in [3.05, 3.63) is 29.3 Å². The lowest BCUT2D eigenvalue weighted by atomic mass is 9.93. The average molecular weight is 337 g/mol. The molecule has 7 nitrogen and oxygen atoms in total. The zero-order valence-electron chi connectivity index (χ0n) is 14.6. The Morgan fingerprint density at radius 3 is 2.25 bits per heavy atom. The van der Waals surface area contributed by atoms with Crippen LogP contribution in [0.4, 0.5) is 0 Å². The fourth-order valence-corrected chi connectivity index (χ4v) is 2.45. The molecule has 2 rings (SSSR count). The molecule has 0 fully saturated rings. The first-order valence-electron chi connectivity index (χ1n) is 7.64. The second kappa shape index (κ2) is 8.90. The molecule has 1 unspecified atom stereocenters. The molecule has 0 spiro atoms. The Kier molecular flexibility index (Phi) is 7.23. The molecule has 7 heteroatoms. The topological polar surface area (TPSA) is 82.1 Å². The molecule has 24 heavy (non-hydrogen) atoms. The second-order valence-corrected chi connectivity index (χ2v) is 4.80. The number of hydrogen-bond acceptors (Lipinski definition) is 6. The van der Waals surface area contributed by atoms with E-state index in [2.05, 4.69) is 4.74 Å². The SMILES string of the molecule is CC.COC(=O)C(=O)N1Cc2cc(OC)ccc2CC1C(=O)OC. The molecule has 0 N–H and O–H groups in total. The van der Waals surface area contributed by atoms with Gasteiger partial charge in [-0.05, 0) is 23.3 Å². The average Bonchev–Trinajstić information content (AvgIpc) is 2.65. The summed E-state index contributed by atoms with van der Waals surface area (Å²) in [5.41, 5.74) is 1.72. The van der Waals surface area contributed by atoms with Crippen molar-refractivity contribution in [2.24, 2.45) is 0 Å². The van der Waals surface area contributed by atoms with Crippen LogP contribution < -0.4 is 4.74 Å². The highest BCUT2D eigenvalue weighted by Crippen LogP contribution is 2.27. The Balaban J connectivity index is 0.00000139. The van der Waals surface area contributed by atoms with Gasteiger partial charge in [-0.25, -0.2) is 9.59 Å². The monoisotopic (exact) mass is 337 g/mol. The van der Waals surface area contributed by atoms with Crippen LogP contribution in [0.5, 0.6) is 5.75 Å². The van der Waals surface area contributed by atoms with Crippen molar-refractivity contribution < 1.29 is 28.6 Å². The number of esters is 2. The third-order valence-corrected chi connectivity index (χ3v) is 3.64. The van der Waals surface area contributed by atoms with E-state index < -0.39 is 23.9 Å². The summed E-state index contributed by atoms with van der Waals surface area (Å²) in [6.45, 7) is 4.11. The van der Waals surface area contributed by atoms with Crippen molar-refractivity contribution in [3.63, 3.8) is 0 Å². The first-order chi connectivity index (χ1) is 11.5. The molecule has 1 aromatic carbocycles. The molecule has 0 aliphatic carbocycles. The summed E-state index contributed by atoms with van der Waals surface area (Å²) in [6.07, 6.45) is 0.273. The van der Waals surface area contributed by atoms with Crippen molar-refractivity contribution in [1.29, 1.82) is 0 Å². The van der Waals surface area contributed by atoms with E-state index in [0.29, 0.717) is 5.75 Å². The number of carbonyl (C=O) groups excluding carboxylic acids is 3. The minimum atomic E-state index is -1.01. The number of fused-ring (bicyclic) bond motifs is 1. The van der Waals surface area contributed by atoms with E-state index in [1.807, 2.05) is 19.9 Å². The number of hydrogen-bond donors (Lipinski definition) is 0. The summed E-state index contributed by atoms with van der Waals surface area (Å²) in [6, 6.07) is 4.55. The van der Waals surface area contributed by atoms with E-state index in [0.717, 1.165) is 18.2 Å². The van der Waals surface area contributed by atoms with E-state index in [1.165, 1.54) is 12.0 Å². The van der Waals surface area contributed by atoms with Gasteiger partial charge >= 0.3 is 17.8 Å². The van der Waals surface area contributed by atoms with Gasteiger partial charge in [-0.2, -0.15) is 0 Å². The Morgan fingerprint density at radius 2 is 1.71 bits per heavy atom. The zero-order valence-corrected chi connectivity index (χ0v) is 14.6. The van der Waals surface area contributed by atoms with Crippen LogP contribution in [-0.4, -0.2) is 50.1 Å². The van der Waals surface area contributed by atoms with Crippen molar-refractivity contribution in [1.82, 2.24) is 4.90 Å². The normalized spacial score (nSPS) is 15.4. The maximum Gasteiger partial charge on any atom is 0.396 e. The van der Waals surface area contributed by atoms with Gasteiger partial charge in [-0.1, -0.05) is 19.9 Å². The van der Waals surface area contributed by atoms with Crippen LogP contribution >= 0.6 is 0 Å². The lowest BCUT2D eigenvalue weighted by Crippen LogP contribution is -2.51. The van der Waals surface area contributed by atoms with Crippen LogP contribution in [-0.2, 0) is 36.8 Å². The molecule has 0 saturated carbocycles. The molecule has 1 aliphatic heterocycles. The predicted octanol–water partition coefficient (Wildman–Crippen LogP) is 1.32. The molecule has 1 atom stereocenters. The van der Waals surface area contributed by atoms with Crippen molar-refractivity contribution in [3.8, 4) is 5.75 Å². The number of nitrogens with zero attached hydrogens (tertiary/aromatic N) is 1. The minimum absolute atomic E-state index is 0.111. The highest BCUT2D eigenvalue weighted by Gasteiger charge is 2.38. The van der Waals surface area contributed by atoms with Gasteiger partial charge in [0.15, 0.2) is 0 Å². The number of rotatable bonds is 2. The Hall–Kier alpha value is -2.57. The van der Waals surface area contributed by atoms with E-state index in [1.54, 1.807) is 19.2 Å². The van der Waals surface area contributed by atoms with Crippen molar-refractivity contribution in [2.75, 3.05) is 21.3 Å². The van der Waals surface area contributed by atoms with Crippen LogP contribution in [0.25, 0.3) is 0 Å². The highest BCUT2D eigenvalue weighted by atomic mass is 16.5. The maximum atomic E-state index is 12.1. The van der Waals surface area contributed by atoms with E-state index in [9.17, 15) is 14.4 Å². The van der Waals surface area contributed by atoms with Crippen LogP contribution in [0.2, 0.25) is 0 Å². The Bertz CT molecular complexity index is 613. The molecule has 1 heterocycles. The summed E-state index contributed by atoms with van der Waals surface area (Å²) in [7, 11) is 3.90. The standard InChI is InChI=1S/C15H17NO6.C2H6/c1-20-11-5-4-9-7-12(14(18)21-2)16(8-10(9)6-11)13(17)15(19)22-3;1-2/h4-6,12H,7-8H2,1-3H3;1-2H3. The van der Waals surface area contributed by atoms with Crippen LogP contribution in [0, 0.1) is 0 Å². The molecular formula is C17H23NO6. The molecule has 1 aliphatic rings. The van der Waals surface area contributed by atoms with E-state index in [4.69, 9.17) is 9.47 Å². The summed E-state index contributed by atoms with van der Waals surface area (Å²) >= 11 is 0. The third-order valence-electron chi connectivity index (χ3n) is 3.64. The van der Waals surface area contributed by atoms with Crippen LogP contribution in [0.1, 0.15) is 25.0 Å². The van der Waals surface area contributed by atoms with Crippen molar-refractivity contribution in [2.45, 2.75) is 32.9 Å².